The maximum absolute atomic E-state index is 13.8. The molecule has 0 saturated heterocycles. The minimum atomic E-state index is -3.68. The fourth-order valence-electron chi connectivity index (χ4n) is 2.68. The predicted octanol–water partition coefficient (Wildman–Crippen LogP) is 3.03. The largest absolute Gasteiger partial charge is 0.348 e. The molecule has 27 heavy (non-hydrogen) atoms. The molecule has 1 N–H and O–H groups in total. The fraction of sp³-hybridized carbons (Fsp3) is 0.350. The summed E-state index contributed by atoms with van der Waals surface area (Å²) in [7, 11) is -3.68. The van der Waals surface area contributed by atoms with Crippen LogP contribution in [0.5, 0.6) is 0 Å². The number of amides is 1. The first-order chi connectivity index (χ1) is 12.7. The van der Waals surface area contributed by atoms with Crippen LogP contribution in [0.1, 0.15) is 36.6 Å². The fourth-order valence-corrected chi connectivity index (χ4v) is 3.41. The van der Waals surface area contributed by atoms with Gasteiger partial charge in [0.25, 0.3) is 0 Å². The van der Waals surface area contributed by atoms with Gasteiger partial charge in [-0.15, -0.1) is 0 Å². The molecule has 0 aliphatic carbocycles. The summed E-state index contributed by atoms with van der Waals surface area (Å²) in [6, 6.07) is 13.5. The van der Waals surface area contributed by atoms with Gasteiger partial charge in [-0.3, -0.25) is 4.79 Å². The highest BCUT2D eigenvalue weighted by Crippen LogP contribution is 2.15. The molecule has 0 saturated carbocycles. The number of aryl methyl sites for hydroxylation is 1. The molecule has 1 atom stereocenters. The van der Waals surface area contributed by atoms with Crippen LogP contribution >= 0.6 is 0 Å². The highest BCUT2D eigenvalue weighted by Gasteiger charge is 2.22. The molecule has 2 aromatic carbocycles. The van der Waals surface area contributed by atoms with Gasteiger partial charge in [-0.2, -0.15) is 4.31 Å². The van der Waals surface area contributed by atoms with Crippen LogP contribution < -0.4 is 5.32 Å². The zero-order chi connectivity index (χ0) is 20.0. The molecule has 0 bridgehead atoms. The number of benzene rings is 2. The second kappa shape index (κ2) is 9.10. The summed E-state index contributed by atoms with van der Waals surface area (Å²) in [4.78, 5) is 12.4. The van der Waals surface area contributed by atoms with Crippen LogP contribution in [-0.4, -0.2) is 31.4 Å². The molecule has 7 heteroatoms. The molecule has 0 heterocycles. The lowest BCUT2D eigenvalue weighted by atomic mass is 10.1. The van der Waals surface area contributed by atoms with E-state index in [1.165, 1.54) is 23.8 Å². The Kier molecular flexibility index (Phi) is 7.10. The number of carbonyl (C=O) groups excluding carboxylic acids is 1. The van der Waals surface area contributed by atoms with Gasteiger partial charge in [0.15, 0.2) is 0 Å². The normalized spacial score (nSPS) is 12.8. The number of rotatable bonds is 8. The highest BCUT2D eigenvalue weighted by molar-refractivity contribution is 7.88. The molecule has 0 spiro atoms. The van der Waals surface area contributed by atoms with E-state index < -0.39 is 21.7 Å². The van der Waals surface area contributed by atoms with E-state index in [0.717, 1.165) is 22.5 Å². The Morgan fingerprint density at radius 2 is 1.78 bits per heavy atom. The monoisotopic (exact) mass is 392 g/mol. The Morgan fingerprint density at radius 3 is 2.33 bits per heavy atom. The first-order valence-corrected chi connectivity index (χ1v) is 10.6. The Bertz CT molecular complexity index is 882. The number of nitrogens with zero attached hydrogens (tertiary/aromatic N) is 1. The van der Waals surface area contributed by atoms with Crippen molar-refractivity contribution in [2.45, 2.75) is 32.9 Å². The van der Waals surface area contributed by atoms with Gasteiger partial charge in [0.1, 0.15) is 5.82 Å². The van der Waals surface area contributed by atoms with Crippen molar-refractivity contribution in [3.63, 3.8) is 0 Å². The maximum atomic E-state index is 13.8. The summed E-state index contributed by atoms with van der Waals surface area (Å²) >= 11 is 0. The minimum absolute atomic E-state index is 0.196. The second-order valence-corrected chi connectivity index (χ2v) is 8.49. The molecule has 5 nitrogen and oxygen atoms in total. The lowest BCUT2D eigenvalue weighted by Crippen LogP contribution is -2.40. The first-order valence-electron chi connectivity index (χ1n) is 8.77. The second-order valence-electron chi connectivity index (χ2n) is 6.51. The van der Waals surface area contributed by atoms with Crippen LogP contribution in [0.4, 0.5) is 4.39 Å². The summed E-state index contributed by atoms with van der Waals surface area (Å²) in [6.07, 6.45) is 1.94. The highest BCUT2D eigenvalue weighted by atomic mass is 32.2. The summed E-state index contributed by atoms with van der Waals surface area (Å²) < 4.78 is 38.9. The number of nitrogens with one attached hydrogen (secondary N) is 1. The molecule has 2 aromatic rings. The Hall–Kier alpha value is -2.25. The van der Waals surface area contributed by atoms with E-state index in [1.807, 2.05) is 31.2 Å². The summed E-state index contributed by atoms with van der Waals surface area (Å²) in [5, 5.41) is 2.80. The molecule has 0 fully saturated rings. The van der Waals surface area contributed by atoms with Crippen molar-refractivity contribution in [2.24, 2.45) is 0 Å². The zero-order valence-electron chi connectivity index (χ0n) is 15.8. The standard InChI is InChI=1S/C20H25FN2O3S/c1-4-16-9-11-17(12-10-16)15(2)22-20(24)14-23(27(3,25)26)13-18-7-5-6-8-19(18)21/h5-12,15H,4,13-14H2,1-3H3,(H,22,24)/t15-/m1/s1. The molecule has 0 aromatic heterocycles. The third-order valence-electron chi connectivity index (χ3n) is 4.36. The van der Waals surface area contributed by atoms with Crippen molar-refractivity contribution >= 4 is 15.9 Å². The van der Waals surface area contributed by atoms with Crippen molar-refractivity contribution in [3.8, 4) is 0 Å². The number of carbonyl (C=O) groups is 1. The van der Waals surface area contributed by atoms with Crippen molar-refractivity contribution < 1.29 is 17.6 Å². The summed E-state index contributed by atoms with van der Waals surface area (Å²) in [5.41, 5.74) is 2.35. The first kappa shape index (κ1) is 21.1. The van der Waals surface area contributed by atoms with Crippen LogP contribution in [-0.2, 0) is 27.8 Å². The van der Waals surface area contributed by atoms with E-state index in [-0.39, 0.29) is 24.7 Å². The Balaban J connectivity index is 2.06. The lowest BCUT2D eigenvalue weighted by Gasteiger charge is -2.21. The third-order valence-corrected chi connectivity index (χ3v) is 5.56. The molecule has 1 amide bonds. The lowest BCUT2D eigenvalue weighted by molar-refractivity contribution is -0.122. The average molecular weight is 392 g/mol. The van der Waals surface area contributed by atoms with Crippen LogP contribution in [0, 0.1) is 5.82 Å². The van der Waals surface area contributed by atoms with Gasteiger partial charge in [0, 0.05) is 12.1 Å². The number of hydrogen-bond acceptors (Lipinski definition) is 3. The van der Waals surface area contributed by atoms with Gasteiger partial charge in [-0.1, -0.05) is 49.4 Å². The van der Waals surface area contributed by atoms with Gasteiger partial charge < -0.3 is 5.32 Å². The van der Waals surface area contributed by atoms with Crippen molar-refractivity contribution in [1.82, 2.24) is 9.62 Å². The van der Waals surface area contributed by atoms with Gasteiger partial charge in [-0.05, 0) is 30.5 Å². The quantitative estimate of drug-likeness (QED) is 0.751. The number of halogens is 1. The minimum Gasteiger partial charge on any atom is -0.348 e. The zero-order valence-corrected chi connectivity index (χ0v) is 16.6. The smallest absolute Gasteiger partial charge is 0.235 e. The predicted molar refractivity (Wildman–Crippen MR) is 104 cm³/mol. The van der Waals surface area contributed by atoms with Crippen LogP contribution in [0.25, 0.3) is 0 Å². The van der Waals surface area contributed by atoms with E-state index in [1.54, 1.807) is 6.07 Å². The SMILES string of the molecule is CCc1ccc([C@@H](C)NC(=O)CN(Cc2ccccc2F)S(C)(=O)=O)cc1. The Labute approximate surface area is 160 Å². The van der Waals surface area contributed by atoms with Crippen molar-refractivity contribution in [3.05, 3.63) is 71.0 Å². The van der Waals surface area contributed by atoms with Gasteiger partial charge in [0.2, 0.25) is 15.9 Å². The van der Waals surface area contributed by atoms with E-state index in [4.69, 9.17) is 0 Å². The van der Waals surface area contributed by atoms with E-state index in [0.29, 0.717) is 0 Å². The topological polar surface area (TPSA) is 66.5 Å². The molecular weight excluding hydrogens is 367 g/mol. The van der Waals surface area contributed by atoms with E-state index in [2.05, 4.69) is 12.2 Å². The van der Waals surface area contributed by atoms with Crippen molar-refractivity contribution in [2.75, 3.05) is 12.8 Å². The number of sulfonamides is 1. The molecule has 0 unspecified atom stereocenters. The van der Waals surface area contributed by atoms with E-state index in [9.17, 15) is 17.6 Å². The molecule has 0 radical (unpaired) electrons. The molecular formula is C20H25FN2O3S. The summed E-state index contributed by atoms with van der Waals surface area (Å²) in [6.45, 7) is 3.33. The molecule has 2 rings (SSSR count). The van der Waals surface area contributed by atoms with Crippen LogP contribution in [0.3, 0.4) is 0 Å². The van der Waals surface area contributed by atoms with Crippen LogP contribution in [0.2, 0.25) is 0 Å². The molecule has 146 valence electrons. The van der Waals surface area contributed by atoms with Gasteiger partial charge >= 0.3 is 0 Å². The molecule has 0 aliphatic rings. The number of hydrogen-bond donors (Lipinski definition) is 1. The maximum Gasteiger partial charge on any atom is 0.235 e. The van der Waals surface area contributed by atoms with Gasteiger partial charge in [-0.25, -0.2) is 12.8 Å². The van der Waals surface area contributed by atoms with E-state index >= 15 is 0 Å². The van der Waals surface area contributed by atoms with Gasteiger partial charge in [0.05, 0.1) is 18.8 Å². The van der Waals surface area contributed by atoms with Crippen LogP contribution in [0.15, 0.2) is 48.5 Å². The molecule has 0 aliphatic heterocycles. The Morgan fingerprint density at radius 1 is 1.15 bits per heavy atom. The summed E-state index contributed by atoms with van der Waals surface area (Å²) in [5.74, 6) is -0.945. The van der Waals surface area contributed by atoms with Crippen molar-refractivity contribution in [1.29, 1.82) is 0 Å². The third kappa shape index (κ3) is 6.15. The average Bonchev–Trinajstić information content (AvgIpc) is 2.62.